The Morgan fingerprint density at radius 1 is 1.17 bits per heavy atom. The zero-order valence-electron chi connectivity index (χ0n) is 16.8. The number of carbonyl (C=O) groups excluding carboxylic acids is 1. The maximum Gasteiger partial charge on any atom is 0.255 e. The zero-order valence-corrected chi connectivity index (χ0v) is 17.6. The molecule has 0 radical (unpaired) electrons. The molecule has 0 spiro atoms. The molecule has 2 heterocycles. The lowest BCUT2D eigenvalue weighted by atomic mass is 10.1. The van der Waals surface area contributed by atoms with Crippen LogP contribution in [0.4, 0.5) is 5.82 Å². The van der Waals surface area contributed by atoms with Crippen molar-refractivity contribution in [3.63, 3.8) is 0 Å². The molecule has 1 fully saturated rings. The van der Waals surface area contributed by atoms with Gasteiger partial charge >= 0.3 is 0 Å². The summed E-state index contributed by atoms with van der Waals surface area (Å²) in [6.45, 7) is 1.50. The van der Waals surface area contributed by atoms with Crippen LogP contribution in [0.25, 0.3) is 11.3 Å². The molecule has 30 heavy (non-hydrogen) atoms. The van der Waals surface area contributed by atoms with Crippen LogP contribution in [0.1, 0.15) is 16.8 Å². The minimum absolute atomic E-state index is 0.0278. The van der Waals surface area contributed by atoms with Gasteiger partial charge in [-0.05, 0) is 36.2 Å². The molecule has 0 unspecified atom stereocenters. The Hall–Kier alpha value is -3.19. The van der Waals surface area contributed by atoms with E-state index in [9.17, 15) is 4.79 Å². The Labute approximate surface area is 179 Å². The highest BCUT2D eigenvalue weighted by atomic mass is 35.5. The number of aromatic nitrogens is 2. The van der Waals surface area contributed by atoms with Crippen LogP contribution in [0.15, 0.2) is 48.5 Å². The number of nitrogens with one attached hydrogen (secondary N) is 2. The van der Waals surface area contributed by atoms with Gasteiger partial charge in [0.15, 0.2) is 5.82 Å². The van der Waals surface area contributed by atoms with Crippen LogP contribution in [-0.2, 0) is 0 Å². The van der Waals surface area contributed by atoms with Crippen molar-refractivity contribution in [2.24, 2.45) is 0 Å². The molecule has 2 aromatic carbocycles. The summed E-state index contributed by atoms with van der Waals surface area (Å²) in [6, 6.07) is 14.8. The highest BCUT2D eigenvalue weighted by Gasteiger charge is 2.27. The van der Waals surface area contributed by atoms with Crippen molar-refractivity contribution in [1.82, 2.24) is 15.5 Å². The first kappa shape index (κ1) is 20.1. The highest BCUT2D eigenvalue weighted by molar-refractivity contribution is 6.30. The molecular weight excluding hydrogens is 404 g/mol. The van der Waals surface area contributed by atoms with Gasteiger partial charge in [-0.3, -0.25) is 9.89 Å². The predicted molar refractivity (Wildman–Crippen MR) is 117 cm³/mol. The van der Waals surface area contributed by atoms with Crippen LogP contribution < -0.4 is 19.7 Å². The van der Waals surface area contributed by atoms with Crippen molar-refractivity contribution < 1.29 is 14.3 Å². The fraction of sp³-hybridized carbons (Fsp3) is 0.273. The van der Waals surface area contributed by atoms with Gasteiger partial charge in [0, 0.05) is 36.3 Å². The molecular formula is C22H23ClN4O3. The van der Waals surface area contributed by atoms with Gasteiger partial charge in [0.05, 0.1) is 25.5 Å². The van der Waals surface area contributed by atoms with E-state index in [1.807, 2.05) is 30.3 Å². The Morgan fingerprint density at radius 2 is 1.97 bits per heavy atom. The van der Waals surface area contributed by atoms with Gasteiger partial charge < -0.3 is 19.7 Å². The van der Waals surface area contributed by atoms with Crippen molar-refractivity contribution in [3.05, 3.63) is 59.1 Å². The molecule has 7 nitrogen and oxygen atoms in total. The summed E-state index contributed by atoms with van der Waals surface area (Å²) in [5.41, 5.74) is 2.44. The van der Waals surface area contributed by atoms with E-state index in [0.29, 0.717) is 28.6 Å². The van der Waals surface area contributed by atoms with Crippen LogP contribution in [0, 0.1) is 0 Å². The van der Waals surface area contributed by atoms with Gasteiger partial charge in [-0.15, -0.1) is 0 Å². The second kappa shape index (κ2) is 8.67. The maximum atomic E-state index is 12.8. The molecule has 2 N–H and O–H groups in total. The third-order valence-electron chi connectivity index (χ3n) is 5.22. The van der Waals surface area contributed by atoms with Gasteiger partial charge in [0.2, 0.25) is 0 Å². The minimum Gasteiger partial charge on any atom is -0.497 e. The van der Waals surface area contributed by atoms with Gasteiger partial charge in [-0.1, -0.05) is 23.7 Å². The summed E-state index contributed by atoms with van der Waals surface area (Å²) in [6.07, 6.45) is 0.841. The first-order valence-corrected chi connectivity index (χ1v) is 10.0. The molecule has 1 aliphatic rings. The molecule has 4 rings (SSSR count). The summed E-state index contributed by atoms with van der Waals surface area (Å²) >= 11 is 5.96. The number of amides is 1. The Morgan fingerprint density at radius 3 is 2.70 bits per heavy atom. The van der Waals surface area contributed by atoms with E-state index < -0.39 is 0 Å². The molecule has 1 aliphatic heterocycles. The number of benzene rings is 2. The smallest absolute Gasteiger partial charge is 0.255 e. The molecule has 1 aromatic heterocycles. The minimum atomic E-state index is -0.162. The van der Waals surface area contributed by atoms with E-state index in [0.717, 1.165) is 30.0 Å². The van der Waals surface area contributed by atoms with Gasteiger partial charge in [0.25, 0.3) is 5.91 Å². The Kier molecular flexibility index (Phi) is 5.81. The Balaban J connectivity index is 1.40. The number of aromatic amines is 1. The van der Waals surface area contributed by atoms with Crippen molar-refractivity contribution in [3.8, 4) is 22.8 Å². The molecule has 0 saturated carbocycles. The predicted octanol–water partition coefficient (Wildman–Crippen LogP) is 3.76. The number of methoxy groups -OCH3 is 2. The average molecular weight is 427 g/mol. The van der Waals surface area contributed by atoms with Gasteiger partial charge in [-0.25, -0.2) is 0 Å². The van der Waals surface area contributed by atoms with E-state index in [-0.39, 0.29) is 11.9 Å². The second-order valence-electron chi connectivity index (χ2n) is 7.12. The molecule has 0 aliphatic carbocycles. The SMILES string of the molecule is COc1ccc(C(=O)N[C@@H]2CCN(c3cc(-c4ccc(Cl)cc4)[nH]n3)C2)c(OC)c1. The largest absolute Gasteiger partial charge is 0.497 e. The summed E-state index contributed by atoms with van der Waals surface area (Å²) in [5, 5.41) is 11.3. The molecule has 8 heteroatoms. The lowest BCUT2D eigenvalue weighted by Crippen LogP contribution is -2.37. The number of carbonyl (C=O) groups is 1. The summed E-state index contributed by atoms with van der Waals surface area (Å²) in [4.78, 5) is 14.9. The molecule has 0 bridgehead atoms. The fourth-order valence-electron chi connectivity index (χ4n) is 3.59. The average Bonchev–Trinajstić information content (AvgIpc) is 3.43. The van der Waals surface area contributed by atoms with Crippen LogP contribution in [0.3, 0.4) is 0 Å². The van der Waals surface area contributed by atoms with E-state index in [4.69, 9.17) is 21.1 Å². The van der Waals surface area contributed by atoms with Crippen molar-refractivity contribution in [2.75, 3.05) is 32.2 Å². The van der Waals surface area contributed by atoms with E-state index in [1.165, 1.54) is 0 Å². The van der Waals surface area contributed by atoms with Crippen LogP contribution in [0.2, 0.25) is 5.02 Å². The number of nitrogens with zero attached hydrogens (tertiary/aromatic N) is 2. The zero-order chi connectivity index (χ0) is 21.1. The number of hydrogen-bond donors (Lipinski definition) is 2. The van der Waals surface area contributed by atoms with E-state index >= 15 is 0 Å². The lowest BCUT2D eigenvalue weighted by Gasteiger charge is -2.17. The van der Waals surface area contributed by atoms with E-state index in [1.54, 1.807) is 32.4 Å². The van der Waals surface area contributed by atoms with Crippen LogP contribution in [-0.4, -0.2) is 49.5 Å². The second-order valence-corrected chi connectivity index (χ2v) is 7.55. The van der Waals surface area contributed by atoms with Gasteiger partial charge in [-0.2, -0.15) is 5.10 Å². The quantitative estimate of drug-likeness (QED) is 0.627. The first-order chi connectivity index (χ1) is 14.6. The third-order valence-corrected chi connectivity index (χ3v) is 5.47. The summed E-state index contributed by atoms with van der Waals surface area (Å²) in [5.74, 6) is 1.83. The first-order valence-electron chi connectivity index (χ1n) is 9.66. The number of rotatable bonds is 6. The van der Waals surface area contributed by atoms with Crippen molar-refractivity contribution >= 4 is 23.3 Å². The molecule has 1 atom stereocenters. The normalized spacial score (nSPS) is 15.8. The molecule has 1 saturated heterocycles. The topological polar surface area (TPSA) is 79.5 Å². The lowest BCUT2D eigenvalue weighted by molar-refractivity contribution is 0.0937. The summed E-state index contributed by atoms with van der Waals surface area (Å²) < 4.78 is 10.5. The number of hydrogen-bond acceptors (Lipinski definition) is 5. The monoisotopic (exact) mass is 426 g/mol. The van der Waals surface area contributed by atoms with E-state index in [2.05, 4.69) is 20.4 Å². The van der Waals surface area contributed by atoms with Gasteiger partial charge in [0.1, 0.15) is 11.5 Å². The molecule has 156 valence electrons. The van der Waals surface area contributed by atoms with Crippen molar-refractivity contribution in [2.45, 2.75) is 12.5 Å². The number of anilines is 1. The fourth-order valence-corrected chi connectivity index (χ4v) is 3.71. The molecule has 1 amide bonds. The standard InChI is InChI=1S/C22H23ClN4O3/c1-29-17-7-8-18(20(11-17)30-2)22(28)24-16-9-10-27(13-16)21-12-19(25-26-21)14-3-5-15(23)6-4-14/h3-8,11-12,16H,9-10,13H2,1-2H3,(H,24,28)(H,25,26)/t16-/m1/s1. The number of H-pyrrole nitrogens is 1. The van der Waals surface area contributed by atoms with Crippen LogP contribution in [0.5, 0.6) is 11.5 Å². The van der Waals surface area contributed by atoms with Crippen LogP contribution >= 0.6 is 11.6 Å². The van der Waals surface area contributed by atoms with Crippen molar-refractivity contribution in [1.29, 1.82) is 0 Å². The number of halogens is 1. The third kappa shape index (κ3) is 4.21. The summed E-state index contributed by atoms with van der Waals surface area (Å²) in [7, 11) is 3.12. The highest BCUT2D eigenvalue weighted by Crippen LogP contribution is 2.27. The Bertz CT molecular complexity index is 1040. The number of ether oxygens (including phenoxy) is 2. The molecule has 3 aromatic rings. The maximum absolute atomic E-state index is 12.8.